The van der Waals surface area contributed by atoms with Gasteiger partial charge in [-0.15, -0.1) is 6.42 Å². The van der Waals surface area contributed by atoms with Gasteiger partial charge in [0.2, 0.25) is 11.6 Å². The van der Waals surface area contributed by atoms with E-state index in [0.29, 0.717) is 0 Å². The fourth-order valence-electron chi connectivity index (χ4n) is 1.89. The quantitative estimate of drug-likeness (QED) is 0.459. The van der Waals surface area contributed by atoms with E-state index < -0.39 is 0 Å². The van der Waals surface area contributed by atoms with Gasteiger partial charge in [0.25, 0.3) is 5.01 Å². The Morgan fingerprint density at radius 3 is 1.47 bits per heavy atom. The Balaban J connectivity index is 1.86. The molecule has 0 fully saturated rings. The fraction of sp³-hybridized carbons (Fsp3) is 0.0333. The molecular weight excluding hydrogens is 406 g/mol. The van der Waals surface area contributed by atoms with Gasteiger partial charge in [-0.05, 0) is 53.4 Å². The minimum atomic E-state index is 1.07. The lowest BCUT2D eigenvalue weighted by Gasteiger charge is -1.81. The maximum Gasteiger partial charge on any atom is 0.250 e. The number of nitrogens with zero attached hydrogens (tertiary/aromatic N) is 1. The monoisotopic (exact) mass is 414 g/mol. The molecule has 0 bridgehead atoms. The molecule has 0 aliphatic rings. The van der Waals surface area contributed by atoms with E-state index in [1.54, 1.807) is 11.3 Å². The Kier molecular flexibility index (Phi) is 10.1. The molecule has 1 aromatic carbocycles. The van der Waals surface area contributed by atoms with E-state index in [1.165, 1.54) is 4.70 Å². The number of para-hydroxylation sites is 1. The van der Waals surface area contributed by atoms with Crippen molar-refractivity contribution in [2.45, 2.75) is 6.92 Å². The van der Waals surface area contributed by atoms with E-state index in [0.717, 1.165) is 10.5 Å². The van der Waals surface area contributed by atoms with Crippen LogP contribution in [-0.2, 0) is 0 Å². The molecule has 0 saturated heterocycles. The molecule has 2 aromatic rings. The highest BCUT2D eigenvalue weighted by atomic mass is 32.1. The van der Waals surface area contributed by atoms with Crippen molar-refractivity contribution >= 4 is 21.6 Å². The summed E-state index contributed by atoms with van der Waals surface area (Å²) in [6.07, 6.45) is 4.93. The number of thiazole rings is 1. The molecule has 0 saturated carbocycles. The number of hydrogen-bond donors (Lipinski definition) is 0. The van der Waals surface area contributed by atoms with Crippen LogP contribution in [0.3, 0.4) is 0 Å². The standard InChI is InChI=1S/C30H8NS/c1-3-4-5-6-7-8-9-10-11-12-13-14-15-16-17-18-19-20-21-24-27-31-28(2)32-30-26-23-22-25-29(30)31/h1,22-23,25-26H,2H3/q+1. The molecule has 0 amide bonds. The van der Waals surface area contributed by atoms with Gasteiger partial charge in [-0.3, -0.25) is 0 Å². The van der Waals surface area contributed by atoms with E-state index in [2.05, 4.69) is 131 Å². The third-order valence-corrected chi connectivity index (χ3v) is 4.09. The lowest BCUT2D eigenvalue weighted by molar-refractivity contribution is -0.556. The molecule has 1 nitrogen and oxygen atoms in total. The molecule has 138 valence electrons. The molecule has 2 rings (SSSR count). The van der Waals surface area contributed by atoms with E-state index in [4.69, 9.17) is 6.42 Å². The maximum absolute atomic E-state index is 4.93. The SMILES string of the molecule is C#CC#CC#CC#CC#CC#CC#CC#CC#CC#CC#C[n+]1c(C)sc2ccccc21. The number of terminal acetylenes is 1. The van der Waals surface area contributed by atoms with Crippen LogP contribution < -0.4 is 4.57 Å². The number of aryl methyl sites for hydroxylation is 1. The molecule has 0 aliphatic heterocycles. The summed E-state index contributed by atoms with van der Waals surface area (Å²) in [4.78, 5) is 0. The highest BCUT2D eigenvalue weighted by Gasteiger charge is 2.14. The summed E-state index contributed by atoms with van der Waals surface area (Å²) < 4.78 is 3.10. The van der Waals surface area contributed by atoms with E-state index in [9.17, 15) is 0 Å². The number of fused-ring (bicyclic) bond motifs is 1. The molecule has 0 spiro atoms. The highest BCUT2D eigenvalue weighted by Crippen LogP contribution is 2.18. The third-order valence-electron chi connectivity index (χ3n) is 3.04. The first-order valence-electron chi connectivity index (χ1n) is 8.70. The van der Waals surface area contributed by atoms with Crippen LogP contribution >= 0.6 is 11.3 Å². The first-order valence-corrected chi connectivity index (χ1v) is 9.51. The van der Waals surface area contributed by atoms with Gasteiger partial charge < -0.3 is 0 Å². The molecule has 1 heterocycles. The van der Waals surface area contributed by atoms with Gasteiger partial charge in [0.1, 0.15) is 4.70 Å². The normalized spacial score (nSPS) is 6.25. The topological polar surface area (TPSA) is 3.88 Å². The molecule has 0 unspecified atom stereocenters. The minimum Gasteiger partial charge on any atom is -0.106 e. The van der Waals surface area contributed by atoms with Gasteiger partial charge in [-0.25, -0.2) is 0 Å². The second kappa shape index (κ2) is 14.3. The Hall–Kier alpha value is -5.73. The zero-order valence-electron chi connectivity index (χ0n) is 16.7. The van der Waals surface area contributed by atoms with E-state index in [1.807, 2.05) is 29.7 Å². The number of benzene rings is 1. The molecule has 0 radical (unpaired) electrons. The van der Waals surface area contributed by atoms with Crippen LogP contribution in [0.1, 0.15) is 5.01 Å². The van der Waals surface area contributed by atoms with Crippen LogP contribution in [0.15, 0.2) is 24.3 Å². The first kappa shape index (κ1) is 22.6. The molecule has 0 N–H and O–H groups in total. The van der Waals surface area contributed by atoms with Crippen molar-refractivity contribution in [3.05, 3.63) is 29.3 Å². The van der Waals surface area contributed by atoms with Crippen molar-refractivity contribution in [1.29, 1.82) is 0 Å². The van der Waals surface area contributed by atoms with Crippen molar-refractivity contribution < 1.29 is 4.57 Å². The summed E-state index contributed by atoms with van der Waals surface area (Å²) in [7, 11) is 0. The second-order valence-electron chi connectivity index (χ2n) is 5.06. The van der Waals surface area contributed by atoms with Gasteiger partial charge in [0.15, 0.2) is 0 Å². The average molecular weight is 414 g/mol. The van der Waals surface area contributed by atoms with E-state index in [-0.39, 0.29) is 0 Å². The number of aromatic nitrogens is 1. The van der Waals surface area contributed by atoms with E-state index >= 15 is 0 Å². The average Bonchev–Trinajstić information content (AvgIpc) is 3.12. The molecule has 0 aliphatic carbocycles. The predicted octanol–water partition coefficient (Wildman–Crippen LogP) is 1.97. The minimum absolute atomic E-state index is 1.07. The Morgan fingerprint density at radius 1 is 0.594 bits per heavy atom. The summed E-state index contributed by atoms with van der Waals surface area (Å²) >= 11 is 1.69. The zero-order chi connectivity index (χ0) is 22.7. The van der Waals surface area contributed by atoms with Crippen molar-refractivity contribution in [2.24, 2.45) is 0 Å². The van der Waals surface area contributed by atoms with Gasteiger partial charge in [0.05, 0.1) is 5.92 Å². The van der Waals surface area contributed by atoms with Crippen LogP contribution in [0.25, 0.3) is 10.2 Å². The van der Waals surface area contributed by atoms with Crippen molar-refractivity contribution in [2.75, 3.05) is 0 Å². The summed E-state index contributed by atoms with van der Waals surface area (Å²) in [5.41, 5.74) is 1.07. The van der Waals surface area contributed by atoms with Gasteiger partial charge >= 0.3 is 0 Å². The zero-order valence-corrected chi connectivity index (χ0v) is 17.6. The molecule has 0 atom stereocenters. The lowest BCUT2D eigenvalue weighted by Crippen LogP contribution is -2.29. The van der Waals surface area contributed by atoms with Crippen molar-refractivity contribution in [3.8, 4) is 131 Å². The van der Waals surface area contributed by atoms with Gasteiger partial charge in [-0.1, -0.05) is 28.0 Å². The number of hydrogen-bond acceptors (Lipinski definition) is 1. The van der Waals surface area contributed by atoms with Crippen LogP contribution in [0, 0.1) is 138 Å². The van der Waals surface area contributed by atoms with Crippen molar-refractivity contribution in [3.63, 3.8) is 0 Å². The summed E-state index contributed by atoms with van der Waals surface area (Å²) in [6.45, 7) is 2.02. The molecular formula is C30H8NS+. The van der Waals surface area contributed by atoms with Crippen LogP contribution in [0.4, 0.5) is 0 Å². The fourth-order valence-corrected chi connectivity index (χ4v) is 2.86. The second-order valence-corrected chi connectivity index (χ2v) is 6.29. The van der Waals surface area contributed by atoms with Gasteiger partial charge in [0, 0.05) is 78.1 Å². The van der Waals surface area contributed by atoms with Crippen LogP contribution in [0.2, 0.25) is 0 Å². The van der Waals surface area contributed by atoms with Crippen LogP contribution in [0.5, 0.6) is 0 Å². The third kappa shape index (κ3) is 8.52. The molecule has 1 aromatic heterocycles. The van der Waals surface area contributed by atoms with Crippen molar-refractivity contribution in [1.82, 2.24) is 0 Å². The lowest BCUT2D eigenvalue weighted by atomic mass is 10.3. The summed E-state index contributed by atoms with van der Waals surface area (Å²) in [6, 6.07) is 11.1. The Morgan fingerprint density at radius 2 is 1.00 bits per heavy atom. The predicted molar refractivity (Wildman–Crippen MR) is 129 cm³/mol. The maximum atomic E-state index is 4.93. The smallest absolute Gasteiger partial charge is 0.106 e. The first-order chi connectivity index (χ1) is 15.8. The van der Waals surface area contributed by atoms with Gasteiger partial charge in [-0.2, -0.15) is 0 Å². The summed E-state index contributed by atoms with van der Waals surface area (Å²) in [5, 5.41) is 1.09. The van der Waals surface area contributed by atoms with Crippen LogP contribution in [-0.4, -0.2) is 0 Å². The molecule has 2 heteroatoms. The highest BCUT2D eigenvalue weighted by molar-refractivity contribution is 7.18. The Bertz CT molecular complexity index is 1740. The Labute approximate surface area is 193 Å². The molecule has 32 heavy (non-hydrogen) atoms. The largest absolute Gasteiger partial charge is 0.250 e. The number of rotatable bonds is 0. The summed E-state index contributed by atoms with van der Waals surface area (Å²) in [5.74, 6) is 50.3.